The molecule has 6 nitrogen and oxygen atoms in total. The number of aryl methyl sites for hydroxylation is 2. The molecule has 1 heterocycles. The number of hydrogen-bond acceptors (Lipinski definition) is 3. The molecule has 2 rings (SSSR count). The maximum absolute atomic E-state index is 10.4. The van der Waals surface area contributed by atoms with E-state index in [0.717, 1.165) is 43.9 Å². The van der Waals surface area contributed by atoms with Crippen LogP contribution < -0.4 is 10.6 Å². The van der Waals surface area contributed by atoms with Crippen molar-refractivity contribution in [1.29, 1.82) is 0 Å². The zero-order valence-electron chi connectivity index (χ0n) is 17.4. The molecule has 6 heteroatoms. The lowest BCUT2D eigenvalue weighted by Crippen LogP contribution is -2.45. The molecule has 1 aliphatic carbocycles. The minimum absolute atomic E-state index is 0.111. The molecule has 148 valence electrons. The van der Waals surface area contributed by atoms with Gasteiger partial charge in [0.05, 0.1) is 18.3 Å². The Bertz CT molecular complexity index is 624. The third-order valence-electron chi connectivity index (χ3n) is 5.77. The number of aliphatic imine (C=N–C) groups is 1. The zero-order chi connectivity index (χ0) is 19.3. The lowest BCUT2D eigenvalue weighted by atomic mass is 9.73. The number of hydrogen-bond donors (Lipinski definition) is 3. The zero-order valence-corrected chi connectivity index (χ0v) is 17.4. The van der Waals surface area contributed by atoms with Gasteiger partial charge in [-0.2, -0.15) is 5.10 Å². The first-order valence-electron chi connectivity index (χ1n) is 9.98. The normalized spacial score (nSPS) is 25.2. The largest absolute Gasteiger partial charge is 0.392 e. The van der Waals surface area contributed by atoms with Gasteiger partial charge in [0.25, 0.3) is 0 Å². The van der Waals surface area contributed by atoms with Gasteiger partial charge < -0.3 is 15.7 Å². The number of aromatic nitrogens is 2. The molecule has 1 saturated carbocycles. The summed E-state index contributed by atoms with van der Waals surface area (Å²) < 4.78 is 1.95. The second-order valence-electron chi connectivity index (χ2n) is 8.13. The van der Waals surface area contributed by atoms with Crippen molar-refractivity contribution in [3.8, 4) is 0 Å². The number of aliphatic hydroxyl groups excluding tert-OH is 1. The average molecular weight is 364 g/mol. The van der Waals surface area contributed by atoms with Gasteiger partial charge in [0.15, 0.2) is 5.96 Å². The van der Waals surface area contributed by atoms with Crippen LogP contribution in [0.3, 0.4) is 0 Å². The highest BCUT2D eigenvalue weighted by molar-refractivity contribution is 5.80. The molecular weight excluding hydrogens is 326 g/mol. The van der Waals surface area contributed by atoms with Gasteiger partial charge in [0.2, 0.25) is 0 Å². The summed E-state index contributed by atoms with van der Waals surface area (Å²) in [5.74, 6) is 0.832. The summed E-state index contributed by atoms with van der Waals surface area (Å²) >= 11 is 0. The minimum atomic E-state index is -0.249. The Morgan fingerprint density at radius 3 is 2.73 bits per heavy atom. The van der Waals surface area contributed by atoms with Crippen molar-refractivity contribution < 1.29 is 5.11 Å². The molecule has 0 spiro atoms. The molecule has 0 aromatic carbocycles. The van der Waals surface area contributed by atoms with Crippen LogP contribution in [0.25, 0.3) is 0 Å². The van der Waals surface area contributed by atoms with Crippen LogP contribution in [0.2, 0.25) is 0 Å². The van der Waals surface area contributed by atoms with Crippen LogP contribution in [0.15, 0.2) is 4.99 Å². The van der Waals surface area contributed by atoms with E-state index < -0.39 is 0 Å². The number of rotatable bonds is 6. The summed E-state index contributed by atoms with van der Waals surface area (Å²) in [6.07, 6.45) is 4.91. The lowest BCUT2D eigenvalue weighted by molar-refractivity contribution is 0.00716. The summed E-state index contributed by atoms with van der Waals surface area (Å²) in [7, 11) is 1.99. The van der Waals surface area contributed by atoms with Crippen LogP contribution in [-0.2, 0) is 13.5 Å². The van der Waals surface area contributed by atoms with Gasteiger partial charge in [-0.1, -0.05) is 19.8 Å². The number of guanidine groups is 1. The van der Waals surface area contributed by atoms with Crippen molar-refractivity contribution >= 4 is 5.96 Å². The van der Waals surface area contributed by atoms with Crippen molar-refractivity contribution in [2.45, 2.75) is 78.9 Å². The fourth-order valence-electron chi connectivity index (χ4n) is 3.85. The van der Waals surface area contributed by atoms with Gasteiger partial charge in [-0.25, -0.2) is 0 Å². The first-order valence-corrected chi connectivity index (χ1v) is 9.98. The summed E-state index contributed by atoms with van der Waals surface area (Å²) in [6.45, 7) is 12.1. The molecule has 0 aliphatic heterocycles. The molecule has 1 aliphatic rings. The molecule has 0 amide bonds. The third-order valence-corrected chi connectivity index (χ3v) is 5.77. The van der Waals surface area contributed by atoms with Crippen LogP contribution >= 0.6 is 0 Å². The first-order chi connectivity index (χ1) is 12.3. The Hall–Kier alpha value is -1.56. The van der Waals surface area contributed by atoms with Crippen molar-refractivity contribution in [3.63, 3.8) is 0 Å². The first kappa shape index (κ1) is 20.7. The summed E-state index contributed by atoms with van der Waals surface area (Å²) in [4.78, 5) is 4.80. The maximum Gasteiger partial charge on any atom is 0.191 e. The molecule has 0 saturated heterocycles. The van der Waals surface area contributed by atoms with Gasteiger partial charge in [-0.05, 0) is 52.5 Å². The summed E-state index contributed by atoms with van der Waals surface area (Å²) in [5.41, 5.74) is 3.51. The summed E-state index contributed by atoms with van der Waals surface area (Å²) in [5, 5.41) is 21.8. The van der Waals surface area contributed by atoms with E-state index in [1.54, 1.807) is 0 Å². The predicted octanol–water partition coefficient (Wildman–Crippen LogP) is 2.46. The van der Waals surface area contributed by atoms with Crippen LogP contribution in [0.5, 0.6) is 0 Å². The Morgan fingerprint density at radius 1 is 1.42 bits per heavy atom. The Kier molecular flexibility index (Phi) is 7.09. The molecule has 1 aromatic heterocycles. The lowest BCUT2D eigenvalue weighted by Gasteiger charge is -2.37. The molecule has 3 atom stereocenters. The van der Waals surface area contributed by atoms with Crippen molar-refractivity contribution in [2.75, 3.05) is 13.1 Å². The van der Waals surface area contributed by atoms with E-state index >= 15 is 0 Å². The monoisotopic (exact) mass is 363 g/mol. The highest BCUT2D eigenvalue weighted by atomic mass is 16.3. The minimum Gasteiger partial charge on any atom is -0.392 e. The van der Waals surface area contributed by atoms with Gasteiger partial charge in [-0.15, -0.1) is 0 Å². The Labute approximate surface area is 158 Å². The molecule has 1 fully saturated rings. The van der Waals surface area contributed by atoms with E-state index in [4.69, 9.17) is 4.99 Å². The predicted molar refractivity (Wildman–Crippen MR) is 108 cm³/mol. The Morgan fingerprint density at radius 2 is 2.15 bits per heavy atom. The van der Waals surface area contributed by atoms with Crippen molar-refractivity contribution in [2.24, 2.45) is 17.5 Å². The van der Waals surface area contributed by atoms with Gasteiger partial charge in [0, 0.05) is 30.7 Å². The molecular formula is C20H37N5O. The number of aliphatic hydroxyl groups is 1. The van der Waals surface area contributed by atoms with E-state index in [1.165, 1.54) is 17.7 Å². The van der Waals surface area contributed by atoms with Gasteiger partial charge in [-0.3, -0.25) is 9.67 Å². The molecule has 3 unspecified atom stereocenters. The highest BCUT2D eigenvalue weighted by Crippen LogP contribution is 2.36. The summed E-state index contributed by atoms with van der Waals surface area (Å²) in [6, 6.07) is 0.249. The van der Waals surface area contributed by atoms with Crippen LogP contribution in [0, 0.1) is 19.3 Å². The molecule has 26 heavy (non-hydrogen) atoms. The number of nitrogens with one attached hydrogen (secondary N) is 2. The van der Waals surface area contributed by atoms with Crippen LogP contribution in [-0.4, -0.2) is 46.1 Å². The van der Waals surface area contributed by atoms with Crippen molar-refractivity contribution in [3.05, 3.63) is 17.0 Å². The average Bonchev–Trinajstić information content (AvgIpc) is 2.82. The smallest absolute Gasteiger partial charge is 0.191 e. The van der Waals surface area contributed by atoms with Gasteiger partial charge in [0.1, 0.15) is 0 Å². The van der Waals surface area contributed by atoms with E-state index in [0.29, 0.717) is 6.54 Å². The van der Waals surface area contributed by atoms with E-state index in [-0.39, 0.29) is 17.6 Å². The van der Waals surface area contributed by atoms with Crippen molar-refractivity contribution in [1.82, 2.24) is 20.4 Å². The van der Waals surface area contributed by atoms with E-state index in [9.17, 15) is 5.11 Å². The molecule has 0 bridgehead atoms. The molecule has 1 aromatic rings. The molecule has 0 radical (unpaired) electrons. The SMILES string of the molecule is CCNC(=NCC1(C)CCCCC1O)NC(C)Cc1c(C)nn(C)c1C. The quantitative estimate of drug-likeness (QED) is 0.536. The Balaban J connectivity index is 2.02. The fraction of sp³-hybridized carbons (Fsp3) is 0.800. The third kappa shape index (κ3) is 5.00. The highest BCUT2D eigenvalue weighted by Gasteiger charge is 2.35. The second-order valence-corrected chi connectivity index (χ2v) is 8.13. The van der Waals surface area contributed by atoms with E-state index in [1.807, 2.05) is 11.7 Å². The molecule has 3 N–H and O–H groups in total. The van der Waals surface area contributed by atoms with Crippen LogP contribution in [0.1, 0.15) is 63.4 Å². The second kappa shape index (κ2) is 8.89. The standard InChI is InChI=1S/C20H37N5O/c1-7-21-19(22-13-20(5)11-9-8-10-18(20)26)23-14(2)12-17-15(3)24-25(6)16(17)4/h14,18,26H,7-13H2,1-6H3,(H2,21,22,23). The topological polar surface area (TPSA) is 74.5 Å². The maximum atomic E-state index is 10.4. The van der Waals surface area contributed by atoms with Crippen LogP contribution in [0.4, 0.5) is 0 Å². The fourth-order valence-corrected chi connectivity index (χ4v) is 3.85. The van der Waals surface area contributed by atoms with E-state index in [2.05, 4.69) is 50.4 Å². The number of nitrogens with zero attached hydrogens (tertiary/aromatic N) is 3. The van der Waals surface area contributed by atoms with Gasteiger partial charge >= 0.3 is 0 Å².